The van der Waals surface area contributed by atoms with E-state index in [1.54, 1.807) is 11.1 Å². The average Bonchev–Trinajstić information content (AvgIpc) is 3.49. The zero-order chi connectivity index (χ0) is 23.2. The summed E-state index contributed by atoms with van der Waals surface area (Å²) >= 11 is 0. The van der Waals surface area contributed by atoms with E-state index in [2.05, 4.69) is 50.6 Å². The molecule has 2 aliphatic rings. The summed E-state index contributed by atoms with van der Waals surface area (Å²) in [4.78, 5) is 24.7. The molecule has 1 saturated carbocycles. The molecule has 0 unspecified atom stereocenters. The maximum absolute atomic E-state index is 11.9. The lowest BCUT2D eigenvalue weighted by Gasteiger charge is -2.36. The second-order valence-electron chi connectivity index (χ2n) is 8.95. The summed E-state index contributed by atoms with van der Waals surface area (Å²) in [6.45, 7) is 7.02. The summed E-state index contributed by atoms with van der Waals surface area (Å²) in [5.74, 6) is 2.55. The Kier molecular flexibility index (Phi) is 7.23. The zero-order valence-electron chi connectivity index (χ0n) is 19.6. The highest BCUT2D eigenvalue weighted by molar-refractivity contribution is 5.94. The predicted octanol–water partition coefficient (Wildman–Crippen LogP) is 4.49. The maximum atomic E-state index is 11.9. The van der Waals surface area contributed by atoms with Crippen molar-refractivity contribution in [2.75, 3.05) is 31.1 Å². The Morgan fingerprint density at radius 1 is 1.12 bits per heavy atom. The quantitative estimate of drug-likeness (QED) is 0.595. The van der Waals surface area contributed by atoms with Crippen molar-refractivity contribution in [1.29, 1.82) is 5.26 Å². The fourth-order valence-corrected chi connectivity index (χ4v) is 4.71. The maximum Gasteiger partial charge on any atom is 0.236 e. The first-order chi connectivity index (χ1) is 16.1. The summed E-state index contributed by atoms with van der Waals surface area (Å²) in [5, 5.41) is 9.87. The van der Waals surface area contributed by atoms with E-state index in [1.165, 1.54) is 25.7 Å². The summed E-state index contributed by atoms with van der Waals surface area (Å²) < 4.78 is 2.07. The van der Waals surface area contributed by atoms with Crippen LogP contribution in [-0.2, 0) is 4.79 Å². The predicted molar refractivity (Wildman–Crippen MR) is 130 cm³/mol. The number of hydrogen-bond acceptors (Lipinski definition) is 5. The highest BCUT2D eigenvalue weighted by atomic mass is 16.2. The van der Waals surface area contributed by atoms with Crippen molar-refractivity contribution in [3.05, 3.63) is 48.5 Å². The summed E-state index contributed by atoms with van der Waals surface area (Å²) in [6, 6.07) is 12.2. The molecule has 0 atom stereocenters. The van der Waals surface area contributed by atoms with E-state index in [-0.39, 0.29) is 12.3 Å². The molecule has 3 heterocycles. The molecule has 33 heavy (non-hydrogen) atoms. The van der Waals surface area contributed by atoms with Gasteiger partial charge >= 0.3 is 0 Å². The van der Waals surface area contributed by atoms with Gasteiger partial charge in [0.1, 0.15) is 18.1 Å². The number of aromatic nitrogens is 3. The summed E-state index contributed by atoms with van der Waals surface area (Å²) in [7, 11) is 0. The van der Waals surface area contributed by atoms with Crippen molar-refractivity contribution in [3.8, 4) is 11.9 Å². The molecular weight excluding hydrogens is 412 g/mol. The van der Waals surface area contributed by atoms with Gasteiger partial charge in [0, 0.05) is 49.6 Å². The monoisotopic (exact) mass is 444 g/mol. The van der Waals surface area contributed by atoms with Crippen LogP contribution in [0.1, 0.15) is 44.9 Å². The third-order valence-electron chi connectivity index (χ3n) is 6.57. The third kappa shape index (κ3) is 5.33. The number of amides is 1. The molecule has 7 heteroatoms. The molecule has 3 aromatic rings. The van der Waals surface area contributed by atoms with E-state index in [1.807, 2.05) is 25.3 Å². The standard InChI is InChI=1S/C20H20N6O.C6H12/c1-15-22-9-6-19(23-15)26-10-7-16-17(3-2-4-18(16)26)24-11-13-25(14-12-24)20(27)5-8-21;1-6-4-2-3-5-6/h2-4,6-7,9-10H,5,11-14H2,1H3;6H,2-5H2,1H3. The molecule has 2 fully saturated rings. The SMILES string of the molecule is CC1CCCC1.Cc1nccc(-n2ccc3c(N4CCN(C(=O)CC#N)CC4)cccc32)n1. The number of fused-ring (bicyclic) bond motifs is 1. The molecule has 0 N–H and O–H groups in total. The molecule has 7 nitrogen and oxygen atoms in total. The van der Waals surface area contributed by atoms with Crippen LogP contribution in [0.5, 0.6) is 0 Å². The molecule has 1 amide bonds. The van der Waals surface area contributed by atoms with Gasteiger partial charge in [0.25, 0.3) is 0 Å². The topological polar surface area (TPSA) is 78.0 Å². The van der Waals surface area contributed by atoms with Crippen molar-refractivity contribution < 1.29 is 4.79 Å². The Balaban J connectivity index is 0.000000376. The molecule has 0 spiro atoms. The van der Waals surface area contributed by atoms with Gasteiger partial charge in [-0.1, -0.05) is 38.7 Å². The third-order valence-corrected chi connectivity index (χ3v) is 6.57. The van der Waals surface area contributed by atoms with Crippen LogP contribution >= 0.6 is 0 Å². The number of carbonyl (C=O) groups excluding carboxylic acids is 1. The Bertz CT molecular complexity index is 1130. The Morgan fingerprint density at radius 3 is 2.52 bits per heavy atom. The molecule has 1 aromatic carbocycles. The van der Waals surface area contributed by atoms with Gasteiger partial charge < -0.3 is 14.4 Å². The number of nitrogens with zero attached hydrogens (tertiary/aromatic N) is 6. The Morgan fingerprint density at radius 2 is 1.88 bits per heavy atom. The Labute approximate surface area is 195 Å². The number of nitriles is 1. The van der Waals surface area contributed by atoms with Gasteiger partial charge in [-0.15, -0.1) is 0 Å². The first-order valence-corrected chi connectivity index (χ1v) is 11.9. The number of benzene rings is 1. The van der Waals surface area contributed by atoms with Gasteiger partial charge in [0.2, 0.25) is 5.91 Å². The van der Waals surface area contributed by atoms with Crippen LogP contribution in [0.3, 0.4) is 0 Å². The molecule has 1 aliphatic heterocycles. The minimum Gasteiger partial charge on any atom is -0.367 e. The molecule has 0 bridgehead atoms. The average molecular weight is 445 g/mol. The van der Waals surface area contributed by atoms with E-state index in [9.17, 15) is 4.79 Å². The van der Waals surface area contributed by atoms with E-state index in [4.69, 9.17) is 5.26 Å². The van der Waals surface area contributed by atoms with Crippen LogP contribution in [0.2, 0.25) is 0 Å². The van der Waals surface area contributed by atoms with Crippen LogP contribution in [0.4, 0.5) is 5.69 Å². The van der Waals surface area contributed by atoms with Gasteiger partial charge in [0.15, 0.2) is 0 Å². The minimum atomic E-state index is -0.0827. The minimum absolute atomic E-state index is 0.0449. The van der Waals surface area contributed by atoms with Crippen LogP contribution in [-0.4, -0.2) is 51.5 Å². The number of piperazine rings is 1. The van der Waals surface area contributed by atoms with Gasteiger partial charge in [-0.2, -0.15) is 5.26 Å². The molecule has 1 saturated heterocycles. The van der Waals surface area contributed by atoms with Gasteiger partial charge in [-0.05, 0) is 37.1 Å². The number of anilines is 1. The lowest BCUT2D eigenvalue weighted by atomic mass is 10.1. The second-order valence-corrected chi connectivity index (χ2v) is 8.95. The lowest BCUT2D eigenvalue weighted by molar-refractivity contribution is -0.130. The molecular formula is C26H32N6O. The second kappa shape index (κ2) is 10.5. The van der Waals surface area contributed by atoms with Crippen LogP contribution < -0.4 is 4.90 Å². The van der Waals surface area contributed by atoms with Gasteiger partial charge in [-0.25, -0.2) is 9.97 Å². The van der Waals surface area contributed by atoms with E-state index in [0.29, 0.717) is 13.1 Å². The molecule has 2 aromatic heterocycles. The molecule has 0 radical (unpaired) electrons. The molecule has 172 valence electrons. The van der Waals surface area contributed by atoms with Crippen molar-refractivity contribution in [1.82, 2.24) is 19.4 Å². The summed E-state index contributed by atoms with van der Waals surface area (Å²) in [6.07, 6.45) is 9.70. The van der Waals surface area contributed by atoms with Crippen molar-refractivity contribution in [3.63, 3.8) is 0 Å². The lowest BCUT2D eigenvalue weighted by Crippen LogP contribution is -2.48. The molecule has 1 aliphatic carbocycles. The zero-order valence-corrected chi connectivity index (χ0v) is 19.6. The van der Waals surface area contributed by atoms with E-state index < -0.39 is 0 Å². The highest BCUT2D eigenvalue weighted by Crippen LogP contribution is 2.30. The Hall–Kier alpha value is -3.40. The number of rotatable bonds is 3. The van der Waals surface area contributed by atoms with Crippen molar-refractivity contribution in [2.45, 2.75) is 46.0 Å². The number of hydrogen-bond donors (Lipinski definition) is 0. The number of carbonyl (C=O) groups is 1. The van der Waals surface area contributed by atoms with Crippen LogP contribution in [0.15, 0.2) is 42.7 Å². The van der Waals surface area contributed by atoms with E-state index in [0.717, 1.165) is 47.2 Å². The highest BCUT2D eigenvalue weighted by Gasteiger charge is 2.22. The van der Waals surface area contributed by atoms with Gasteiger partial charge in [0.05, 0.1) is 11.6 Å². The first-order valence-electron chi connectivity index (χ1n) is 11.9. The first kappa shape index (κ1) is 22.8. The smallest absolute Gasteiger partial charge is 0.236 e. The van der Waals surface area contributed by atoms with Crippen LogP contribution in [0, 0.1) is 24.2 Å². The van der Waals surface area contributed by atoms with Crippen LogP contribution in [0.25, 0.3) is 16.7 Å². The number of aryl methyl sites for hydroxylation is 1. The fourth-order valence-electron chi connectivity index (χ4n) is 4.71. The summed E-state index contributed by atoms with van der Waals surface area (Å²) in [5.41, 5.74) is 2.25. The molecule has 5 rings (SSSR count). The van der Waals surface area contributed by atoms with Crippen molar-refractivity contribution in [2.24, 2.45) is 5.92 Å². The van der Waals surface area contributed by atoms with E-state index >= 15 is 0 Å². The fraction of sp³-hybridized carbons (Fsp3) is 0.462. The van der Waals surface area contributed by atoms with Gasteiger partial charge in [-0.3, -0.25) is 4.79 Å². The van der Waals surface area contributed by atoms with Crippen molar-refractivity contribution >= 4 is 22.5 Å². The largest absolute Gasteiger partial charge is 0.367 e. The normalized spacial score (nSPS) is 16.4.